The standard InChI is InChI=1S/C18H11ClN2O5S.Na/c19-11-5-1-9(2-6-11)15-13-14(18(23)20-15)16(21-17(13)22)10-3-7-12(8-4-10)27(24,25)26;/h1-8,20,23H,(H,24,25,26);/q;+1/p-1. The molecule has 0 aliphatic carbocycles. The maximum absolute atomic E-state index is 12.5. The number of hydrogen-bond acceptors (Lipinski definition) is 5. The minimum Gasteiger partial charge on any atom is -0.744 e. The van der Waals surface area contributed by atoms with E-state index in [0.29, 0.717) is 21.8 Å². The van der Waals surface area contributed by atoms with E-state index >= 15 is 0 Å². The molecule has 0 spiro atoms. The van der Waals surface area contributed by atoms with Gasteiger partial charge in [-0.05, 0) is 29.8 Å². The second-order valence-corrected chi connectivity index (χ2v) is 7.67. The Hall–Kier alpha value is -1.94. The molecule has 0 fully saturated rings. The number of aliphatic imine (C=N–C) groups is 1. The SMILES string of the molecule is O=C1N=C(c2ccc(S(=O)(=O)[O-])cc2)c2c(O)[nH]c(-c3ccc(Cl)cc3)c21.[Na+]. The van der Waals surface area contributed by atoms with Crippen LogP contribution >= 0.6 is 11.6 Å². The molecule has 0 atom stereocenters. The third-order valence-corrected chi connectivity index (χ3v) is 5.30. The first-order valence-electron chi connectivity index (χ1n) is 7.66. The zero-order chi connectivity index (χ0) is 19.3. The van der Waals surface area contributed by atoms with Crippen LogP contribution in [0.2, 0.25) is 5.02 Å². The first-order chi connectivity index (χ1) is 12.8. The Morgan fingerprint density at radius 1 is 0.964 bits per heavy atom. The third-order valence-electron chi connectivity index (χ3n) is 4.19. The first-order valence-corrected chi connectivity index (χ1v) is 9.45. The number of rotatable bonds is 3. The second-order valence-electron chi connectivity index (χ2n) is 5.85. The quantitative estimate of drug-likeness (QED) is 0.450. The molecule has 1 aliphatic rings. The average Bonchev–Trinajstić information content (AvgIpc) is 3.14. The van der Waals surface area contributed by atoms with Gasteiger partial charge in [-0.3, -0.25) is 4.79 Å². The van der Waals surface area contributed by atoms with Crippen molar-refractivity contribution in [2.75, 3.05) is 0 Å². The number of nitrogens with one attached hydrogen (secondary N) is 1. The number of H-pyrrole nitrogens is 1. The summed E-state index contributed by atoms with van der Waals surface area (Å²) in [5, 5.41) is 10.9. The van der Waals surface area contributed by atoms with Crippen LogP contribution in [0.1, 0.15) is 21.5 Å². The summed E-state index contributed by atoms with van der Waals surface area (Å²) in [6, 6.07) is 11.7. The van der Waals surface area contributed by atoms with Crippen LogP contribution in [0.15, 0.2) is 58.4 Å². The van der Waals surface area contributed by atoms with Gasteiger partial charge in [-0.2, -0.15) is 0 Å². The summed E-state index contributed by atoms with van der Waals surface area (Å²) in [6.45, 7) is 0. The van der Waals surface area contributed by atoms with Crippen LogP contribution in [0.3, 0.4) is 0 Å². The third kappa shape index (κ3) is 3.55. The predicted molar refractivity (Wildman–Crippen MR) is 97.3 cm³/mol. The van der Waals surface area contributed by atoms with Crippen molar-refractivity contribution in [3.05, 3.63) is 70.2 Å². The molecule has 28 heavy (non-hydrogen) atoms. The maximum atomic E-state index is 12.5. The van der Waals surface area contributed by atoms with Crippen LogP contribution in [0.25, 0.3) is 11.3 Å². The van der Waals surface area contributed by atoms with Gasteiger partial charge in [-0.1, -0.05) is 35.9 Å². The molecular weight excluding hydrogens is 415 g/mol. The van der Waals surface area contributed by atoms with Crippen molar-refractivity contribution in [1.82, 2.24) is 4.98 Å². The molecule has 7 nitrogen and oxygen atoms in total. The van der Waals surface area contributed by atoms with Crippen LogP contribution in [-0.4, -0.2) is 34.7 Å². The molecule has 1 aliphatic heterocycles. The number of nitrogens with zero attached hydrogens (tertiary/aromatic N) is 1. The van der Waals surface area contributed by atoms with Crippen LogP contribution in [0.4, 0.5) is 0 Å². The molecule has 2 N–H and O–H groups in total. The summed E-state index contributed by atoms with van der Waals surface area (Å²) < 4.78 is 33.2. The smallest absolute Gasteiger partial charge is 0.744 e. The minimum atomic E-state index is -4.58. The fourth-order valence-electron chi connectivity index (χ4n) is 2.97. The van der Waals surface area contributed by atoms with E-state index in [1.54, 1.807) is 24.3 Å². The number of benzene rings is 2. The number of halogens is 1. The largest absolute Gasteiger partial charge is 1.00 e. The fraction of sp³-hybridized carbons (Fsp3) is 0. The van der Waals surface area contributed by atoms with Crippen molar-refractivity contribution in [2.24, 2.45) is 4.99 Å². The predicted octanol–water partition coefficient (Wildman–Crippen LogP) is -0.0600. The summed E-state index contributed by atoms with van der Waals surface area (Å²) in [7, 11) is -4.58. The number of aromatic hydroxyl groups is 1. The molecular formula is C18H10ClN2NaO5S. The van der Waals surface area contributed by atoms with E-state index in [-0.39, 0.29) is 52.3 Å². The maximum Gasteiger partial charge on any atom is 1.00 e. The van der Waals surface area contributed by atoms with Gasteiger partial charge in [0.25, 0.3) is 5.91 Å². The molecule has 1 amide bonds. The summed E-state index contributed by atoms with van der Waals surface area (Å²) >= 11 is 5.88. The molecule has 136 valence electrons. The van der Waals surface area contributed by atoms with Gasteiger partial charge >= 0.3 is 29.6 Å². The number of aromatic amines is 1. The van der Waals surface area contributed by atoms with E-state index in [4.69, 9.17) is 11.6 Å². The molecule has 3 aromatic rings. The zero-order valence-corrected chi connectivity index (χ0v) is 18.0. The summed E-state index contributed by atoms with van der Waals surface area (Å²) in [5.74, 6) is -0.776. The Bertz CT molecular complexity index is 1220. The Kier molecular flexibility index (Phi) is 5.55. The Morgan fingerprint density at radius 3 is 2.11 bits per heavy atom. The van der Waals surface area contributed by atoms with Crippen molar-refractivity contribution < 1.29 is 52.4 Å². The number of hydrogen-bond donors (Lipinski definition) is 2. The molecule has 4 rings (SSSR count). The van der Waals surface area contributed by atoms with Crippen molar-refractivity contribution in [1.29, 1.82) is 0 Å². The van der Waals surface area contributed by atoms with Gasteiger partial charge in [0, 0.05) is 10.6 Å². The molecule has 0 unspecified atom stereocenters. The van der Waals surface area contributed by atoms with E-state index in [1.807, 2.05) is 0 Å². The second kappa shape index (κ2) is 7.47. The van der Waals surface area contributed by atoms with Crippen LogP contribution < -0.4 is 29.6 Å². The Morgan fingerprint density at radius 2 is 1.54 bits per heavy atom. The van der Waals surface area contributed by atoms with Gasteiger partial charge in [0.1, 0.15) is 10.1 Å². The molecule has 0 saturated heterocycles. The van der Waals surface area contributed by atoms with Crippen molar-refractivity contribution in [3.63, 3.8) is 0 Å². The number of aromatic nitrogens is 1. The summed E-state index contributed by atoms with van der Waals surface area (Å²) in [6.07, 6.45) is 0. The Balaban J connectivity index is 0.00000225. The van der Waals surface area contributed by atoms with Crippen LogP contribution in [0.5, 0.6) is 5.88 Å². The van der Waals surface area contributed by atoms with Crippen LogP contribution in [-0.2, 0) is 10.1 Å². The van der Waals surface area contributed by atoms with Crippen molar-refractivity contribution in [2.45, 2.75) is 4.90 Å². The molecule has 2 aromatic carbocycles. The normalized spacial score (nSPS) is 13.1. The van der Waals surface area contributed by atoms with Gasteiger partial charge < -0.3 is 14.6 Å². The monoisotopic (exact) mass is 424 g/mol. The van der Waals surface area contributed by atoms with E-state index in [9.17, 15) is 22.9 Å². The van der Waals surface area contributed by atoms with Gasteiger partial charge in [0.05, 0.1) is 27.4 Å². The fourth-order valence-corrected chi connectivity index (χ4v) is 3.56. The van der Waals surface area contributed by atoms with Gasteiger partial charge in [-0.25, -0.2) is 13.4 Å². The molecule has 1 aromatic heterocycles. The molecule has 10 heteroatoms. The first kappa shape index (κ1) is 20.8. The summed E-state index contributed by atoms with van der Waals surface area (Å²) in [4.78, 5) is 18.8. The minimum absolute atomic E-state index is 0. The van der Waals surface area contributed by atoms with E-state index in [0.717, 1.165) is 12.1 Å². The van der Waals surface area contributed by atoms with Crippen molar-refractivity contribution in [3.8, 4) is 17.1 Å². The number of amides is 1. The number of carbonyl (C=O) groups is 1. The zero-order valence-electron chi connectivity index (χ0n) is 14.4. The molecule has 2 heterocycles. The van der Waals surface area contributed by atoms with Gasteiger partial charge in [-0.15, -0.1) is 0 Å². The van der Waals surface area contributed by atoms with E-state index in [2.05, 4.69) is 9.98 Å². The van der Waals surface area contributed by atoms with Crippen molar-refractivity contribution >= 4 is 33.3 Å². The molecule has 0 saturated carbocycles. The number of carbonyl (C=O) groups excluding carboxylic acids is 1. The average molecular weight is 425 g/mol. The Labute approximate surface area is 187 Å². The number of fused-ring (bicyclic) bond motifs is 1. The van der Waals surface area contributed by atoms with Crippen LogP contribution in [0, 0.1) is 0 Å². The topological polar surface area (TPSA) is 123 Å². The van der Waals surface area contributed by atoms with E-state index < -0.39 is 20.9 Å². The van der Waals surface area contributed by atoms with Gasteiger partial charge in [0.15, 0.2) is 5.88 Å². The molecule has 0 radical (unpaired) electrons. The van der Waals surface area contributed by atoms with Gasteiger partial charge in [0.2, 0.25) is 0 Å². The summed E-state index contributed by atoms with van der Waals surface area (Å²) in [5.41, 5.74) is 2.08. The molecule has 0 bridgehead atoms. The van der Waals surface area contributed by atoms with E-state index in [1.165, 1.54) is 12.1 Å².